The Hall–Kier alpha value is -2.41. The minimum absolute atomic E-state index is 0.266. The first kappa shape index (κ1) is 13.0. The van der Waals surface area contributed by atoms with Gasteiger partial charge in [-0.2, -0.15) is 5.10 Å². The van der Waals surface area contributed by atoms with Crippen molar-refractivity contribution in [3.05, 3.63) is 40.3 Å². The lowest BCUT2D eigenvalue weighted by Gasteiger charge is -2.01. The molecule has 4 N–H and O–H groups in total. The first-order valence-electron chi connectivity index (χ1n) is 5.40. The summed E-state index contributed by atoms with van der Waals surface area (Å²) in [6, 6.07) is 5.11. The number of carboxylic acids is 1. The Morgan fingerprint density at radius 3 is 3.00 bits per heavy atom. The monoisotopic (exact) mass is 276 g/mol. The van der Waals surface area contributed by atoms with E-state index in [9.17, 15) is 4.79 Å². The molecule has 0 unspecified atom stereocenters. The van der Waals surface area contributed by atoms with E-state index in [4.69, 9.17) is 10.8 Å². The highest BCUT2D eigenvalue weighted by atomic mass is 32.1. The number of rotatable bonds is 4. The molecule has 0 aliphatic carbocycles. The van der Waals surface area contributed by atoms with Gasteiger partial charge in [0.2, 0.25) is 5.13 Å². The van der Waals surface area contributed by atoms with Crippen LogP contribution in [0.3, 0.4) is 0 Å². The molecule has 1 aromatic heterocycles. The Balaban J connectivity index is 2.10. The first-order valence-corrected chi connectivity index (χ1v) is 6.28. The first-order chi connectivity index (χ1) is 9.06. The third kappa shape index (κ3) is 3.29. The number of nitrogen functional groups attached to an aromatic ring is 1. The zero-order valence-corrected chi connectivity index (χ0v) is 10.9. The lowest BCUT2D eigenvalue weighted by Crippen LogP contribution is -2.01. The van der Waals surface area contributed by atoms with Crippen LogP contribution in [-0.2, 0) is 0 Å². The lowest BCUT2D eigenvalue weighted by atomic mass is 10.1. The van der Waals surface area contributed by atoms with Crippen molar-refractivity contribution in [2.24, 2.45) is 5.10 Å². The van der Waals surface area contributed by atoms with Crippen LogP contribution < -0.4 is 11.2 Å². The van der Waals surface area contributed by atoms with Gasteiger partial charge in [0.05, 0.1) is 11.8 Å². The lowest BCUT2D eigenvalue weighted by molar-refractivity contribution is 0.0696. The molecule has 0 saturated heterocycles. The summed E-state index contributed by atoms with van der Waals surface area (Å²) in [5, 5.41) is 15.3. The van der Waals surface area contributed by atoms with Crippen LogP contribution in [0.4, 0.5) is 10.9 Å². The number of nitrogens with two attached hydrogens (primary N) is 1. The molecule has 0 spiro atoms. The van der Waals surface area contributed by atoms with Crippen molar-refractivity contribution in [2.75, 3.05) is 11.2 Å². The zero-order chi connectivity index (χ0) is 13.8. The smallest absolute Gasteiger partial charge is 0.335 e. The number of nitrogens with zero attached hydrogens (tertiary/aromatic N) is 2. The minimum atomic E-state index is -0.951. The molecule has 0 aliphatic rings. The van der Waals surface area contributed by atoms with Crippen LogP contribution in [0.1, 0.15) is 21.5 Å². The van der Waals surface area contributed by atoms with Crippen molar-refractivity contribution in [3.63, 3.8) is 0 Å². The van der Waals surface area contributed by atoms with Crippen LogP contribution in [0.2, 0.25) is 0 Å². The molecule has 2 rings (SSSR count). The molecule has 0 radical (unpaired) electrons. The van der Waals surface area contributed by atoms with E-state index in [2.05, 4.69) is 15.5 Å². The van der Waals surface area contributed by atoms with E-state index in [1.165, 1.54) is 17.6 Å². The summed E-state index contributed by atoms with van der Waals surface area (Å²) >= 11 is 1.34. The van der Waals surface area contributed by atoms with Crippen molar-refractivity contribution >= 4 is 34.5 Å². The van der Waals surface area contributed by atoms with Crippen LogP contribution >= 0.6 is 11.3 Å². The molecule has 98 valence electrons. The van der Waals surface area contributed by atoms with Crippen molar-refractivity contribution < 1.29 is 9.90 Å². The van der Waals surface area contributed by atoms with Crippen molar-refractivity contribution in [1.82, 2.24) is 4.98 Å². The molecule has 0 fully saturated rings. The van der Waals surface area contributed by atoms with Gasteiger partial charge in [-0.1, -0.05) is 12.1 Å². The van der Waals surface area contributed by atoms with Gasteiger partial charge in [-0.05, 0) is 24.1 Å². The van der Waals surface area contributed by atoms with Crippen LogP contribution in [0.15, 0.2) is 28.7 Å². The number of anilines is 2. The summed E-state index contributed by atoms with van der Waals surface area (Å²) in [6.45, 7) is 1.75. The van der Waals surface area contributed by atoms with E-state index < -0.39 is 5.97 Å². The molecule has 1 heterocycles. The molecule has 0 aliphatic heterocycles. The molecular weight excluding hydrogens is 264 g/mol. The Kier molecular flexibility index (Phi) is 3.76. The highest BCUT2D eigenvalue weighted by Crippen LogP contribution is 2.16. The maximum atomic E-state index is 11.0. The average Bonchev–Trinajstić information content (AvgIpc) is 2.77. The summed E-state index contributed by atoms with van der Waals surface area (Å²) < 4.78 is 0. The fourth-order valence-electron chi connectivity index (χ4n) is 1.45. The van der Waals surface area contributed by atoms with Gasteiger partial charge in [0.15, 0.2) is 0 Å². The quantitative estimate of drug-likeness (QED) is 0.587. The molecule has 0 saturated carbocycles. The van der Waals surface area contributed by atoms with Gasteiger partial charge in [-0.3, -0.25) is 5.43 Å². The molecule has 0 atom stereocenters. The van der Waals surface area contributed by atoms with Gasteiger partial charge >= 0.3 is 5.97 Å². The second-order valence-corrected chi connectivity index (χ2v) is 4.69. The van der Waals surface area contributed by atoms with Crippen molar-refractivity contribution in [3.8, 4) is 0 Å². The molecular formula is C12H12N4O2S. The molecule has 0 bridgehead atoms. The Morgan fingerprint density at radius 1 is 1.58 bits per heavy atom. The van der Waals surface area contributed by atoms with Gasteiger partial charge in [-0.15, -0.1) is 11.3 Å². The standard InChI is InChI=1S/C12H12N4O2S/c1-7-2-3-8(4-9(7)11(17)18)5-14-16-12-15-10(13)6-19-12/h2-6H,13H2,1H3,(H,15,16)(H,17,18). The summed E-state index contributed by atoms with van der Waals surface area (Å²) in [4.78, 5) is 15.0. The minimum Gasteiger partial charge on any atom is -0.478 e. The maximum Gasteiger partial charge on any atom is 0.335 e. The number of aromatic carboxylic acids is 1. The SMILES string of the molecule is Cc1ccc(C=NNc2nc(N)cs2)cc1C(=O)O. The number of hydrogen-bond donors (Lipinski definition) is 3. The second-order valence-electron chi connectivity index (χ2n) is 3.83. The number of hydrogen-bond acceptors (Lipinski definition) is 6. The van der Waals surface area contributed by atoms with E-state index in [-0.39, 0.29) is 5.56 Å². The predicted molar refractivity (Wildman–Crippen MR) is 75.9 cm³/mol. The third-order valence-corrected chi connectivity index (χ3v) is 3.15. The number of thiazole rings is 1. The highest BCUT2D eigenvalue weighted by molar-refractivity contribution is 7.14. The van der Waals surface area contributed by atoms with Gasteiger partial charge in [0, 0.05) is 5.38 Å². The van der Waals surface area contributed by atoms with Gasteiger partial charge in [0.25, 0.3) is 0 Å². The second kappa shape index (κ2) is 5.49. The van der Waals surface area contributed by atoms with E-state index in [1.54, 1.807) is 30.5 Å². The normalized spacial score (nSPS) is 10.8. The van der Waals surface area contributed by atoms with Gasteiger partial charge in [0.1, 0.15) is 5.82 Å². The number of benzene rings is 1. The largest absolute Gasteiger partial charge is 0.478 e. The zero-order valence-electron chi connectivity index (χ0n) is 10.1. The third-order valence-electron chi connectivity index (χ3n) is 2.39. The van der Waals surface area contributed by atoms with Crippen LogP contribution in [0.5, 0.6) is 0 Å². The molecule has 7 heteroatoms. The number of nitrogens with one attached hydrogen (secondary N) is 1. The molecule has 1 aromatic carbocycles. The summed E-state index contributed by atoms with van der Waals surface area (Å²) in [7, 11) is 0. The van der Waals surface area contributed by atoms with Gasteiger partial charge in [-0.25, -0.2) is 9.78 Å². The molecule has 19 heavy (non-hydrogen) atoms. The van der Waals surface area contributed by atoms with Gasteiger partial charge < -0.3 is 10.8 Å². The number of aryl methyl sites for hydroxylation is 1. The van der Waals surface area contributed by atoms with E-state index in [0.29, 0.717) is 22.1 Å². The number of aromatic nitrogens is 1. The fraction of sp³-hybridized carbons (Fsp3) is 0.0833. The van der Waals surface area contributed by atoms with Crippen LogP contribution in [0, 0.1) is 6.92 Å². The highest BCUT2D eigenvalue weighted by Gasteiger charge is 2.06. The number of carboxylic acid groups (broad SMARTS) is 1. The Morgan fingerprint density at radius 2 is 2.37 bits per heavy atom. The number of hydrazone groups is 1. The predicted octanol–water partition coefficient (Wildman–Crippen LogP) is 2.18. The van der Waals surface area contributed by atoms with Crippen molar-refractivity contribution in [2.45, 2.75) is 6.92 Å². The maximum absolute atomic E-state index is 11.0. The number of carbonyl (C=O) groups is 1. The Bertz CT molecular complexity index is 636. The fourth-order valence-corrected chi connectivity index (χ4v) is 2.00. The van der Waals surface area contributed by atoms with E-state index >= 15 is 0 Å². The Labute approximate surface area is 113 Å². The average molecular weight is 276 g/mol. The molecule has 2 aromatic rings. The van der Waals surface area contributed by atoms with Crippen LogP contribution in [-0.4, -0.2) is 22.3 Å². The summed E-state index contributed by atoms with van der Waals surface area (Å²) in [5.74, 6) is -0.514. The van der Waals surface area contributed by atoms with Crippen LogP contribution in [0.25, 0.3) is 0 Å². The molecule has 6 nitrogen and oxygen atoms in total. The van der Waals surface area contributed by atoms with E-state index in [1.807, 2.05) is 0 Å². The molecule has 0 amide bonds. The summed E-state index contributed by atoms with van der Waals surface area (Å²) in [6.07, 6.45) is 1.53. The summed E-state index contributed by atoms with van der Waals surface area (Å²) in [5.41, 5.74) is 9.87. The van der Waals surface area contributed by atoms with Crippen molar-refractivity contribution in [1.29, 1.82) is 0 Å². The van der Waals surface area contributed by atoms with E-state index in [0.717, 1.165) is 0 Å². The topological polar surface area (TPSA) is 101 Å².